The predicted octanol–water partition coefficient (Wildman–Crippen LogP) is 1.87. The number of rotatable bonds is 3. The van der Waals surface area contributed by atoms with E-state index in [9.17, 15) is 4.79 Å². The highest BCUT2D eigenvalue weighted by Crippen LogP contribution is 2.16. The van der Waals surface area contributed by atoms with Crippen LogP contribution >= 0.6 is 24.8 Å². The summed E-state index contributed by atoms with van der Waals surface area (Å²) in [6, 6.07) is 5.60. The summed E-state index contributed by atoms with van der Waals surface area (Å²) in [5.41, 5.74) is 2.61. The van der Waals surface area contributed by atoms with E-state index in [0.29, 0.717) is 6.54 Å². The fourth-order valence-corrected chi connectivity index (χ4v) is 1.58. The number of carbonyl (C=O) groups is 1. The molecule has 1 heterocycles. The summed E-state index contributed by atoms with van der Waals surface area (Å²) in [5.74, 6) is 0.812. The van der Waals surface area contributed by atoms with Crippen molar-refractivity contribution in [2.75, 3.05) is 18.9 Å². The van der Waals surface area contributed by atoms with E-state index in [0.717, 1.165) is 22.5 Å². The van der Waals surface area contributed by atoms with Crippen LogP contribution in [0.1, 0.15) is 5.82 Å². The van der Waals surface area contributed by atoms with Crippen molar-refractivity contribution in [1.29, 1.82) is 0 Å². The Bertz CT molecular complexity index is 527. The molecule has 0 aliphatic heterocycles. The zero-order chi connectivity index (χ0) is 11.5. The van der Waals surface area contributed by atoms with Crippen LogP contribution in [0.4, 0.5) is 5.69 Å². The van der Waals surface area contributed by atoms with Gasteiger partial charge in [0.25, 0.3) is 0 Å². The van der Waals surface area contributed by atoms with Gasteiger partial charge < -0.3 is 15.6 Å². The second kappa shape index (κ2) is 7.20. The number of benzene rings is 1. The van der Waals surface area contributed by atoms with Crippen molar-refractivity contribution >= 4 is 47.4 Å². The van der Waals surface area contributed by atoms with E-state index in [4.69, 9.17) is 0 Å². The van der Waals surface area contributed by atoms with Crippen molar-refractivity contribution < 1.29 is 4.79 Å². The molecule has 0 radical (unpaired) electrons. The van der Waals surface area contributed by atoms with Gasteiger partial charge in [0.15, 0.2) is 0 Å². The van der Waals surface area contributed by atoms with Gasteiger partial charge in [-0.3, -0.25) is 4.79 Å². The average Bonchev–Trinajstić information content (AvgIpc) is 2.57. The molecule has 2 rings (SSSR count). The highest BCUT2D eigenvalue weighted by molar-refractivity contribution is 5.94. The quantitative estimate of drug-likeness (QED) is 0.808. The molecule has 2 aromatic rings. The smallest absolute Gasteiger partial charge is 0.238 e. The fraction of sp³-hybridized carbons (Fsp3) is 0.273. The number of nitrogens with one attached hydrogen (secondary N) is 3. The molecule has 5 nitrogen and oxygen atoms in total. The summed E-state index contributed by atoms with van der Waals surface area (Å²) >= 11 is 0. The van der Waals surface area contributed by atoms with Crippen LogP contribution in [0.5, 0.6) is 0 Å². The molecule has 0 unspecified atom stereocenters. The molecule has 100 valence electrons. The van der Waals surface area contributed by atoms with Gasteiger partial charge >= 0.3 is 0 Å². The van der Waals surface area contributed by atoms with Crippen LogP contribution in [-0.2, 0) is 4.79 Å². The Kier molecular flexibility index (Phi) is 6.68. The maximum Gasteiger partial charge on any atom is 0.238 e. The van der Waals surface area contributed by atoms with Crippen LogP contribution in [0.3, 0.4) is 0 Å². The van der Waals surface area contributed by atoms with Gasteiger partial charge in [-0.1, -0.05) is 0 Å². The van der Waals surface area contributed by atoms with Crippen LogP contribution in [0, 0.1) is 6.92 Å². The number of amides is 1. The first-order chi connectivity index (χ1) is 7.69. The Balaban J connectivity index is 0.00000144. The molecule has 0 atom stereocenters. The van der Waals surface area contributed by atoms with Gasteiger partial charge in [-0.15, -0.1) is 24.8 Å². The number of nitrogens with zero attached hydrogens (tertiary/aromatic N) is 1. The van der Waals surface area contributed by atoms with Crippen LogP contribution in [-0.4, -0.2) is 29.5 Å². The number of likely N-dealkylation sites (N-methyl/N-ethyl adjacent to an activating group) is 1. The summed E-state index contributed by atoms with van der Waals surface area (Å²) < 4.78 is 0. The van der Waals surface area contributed by atoms with E-state index < -0.39 is 0 Å². The van der Waals surface area contributed by atoms with E-state index >= 15 is 0 Å². The average molecular weight is 291 g/mol. The predicted molar refractivity (Wildman–Crippen MR) is 77.9 cm³/mol. The first kappa shape index (κ1) is 16.7. The minimum atomic E-state index is -0.0573. The van der Waals surface area contributed by atoms with E-state index in [1.165, 1.54) is 0 Å². The van der Waals surface area contributed by atoms with Gasteiger partial charge in [-0.25, -0.2) is 4.98 Å². The lowest BCUT2D eigenvalue weighted by Gasteiger charge is -2.03. The van der Waals surface area contributed by atoms with E-state index in [1.54, 1.807) is 7.05 Å². The zero-order valence-corrected chi connectivity index (χ0v) is 11.7. The van der Waals surface area contributed by atoms with Gasteiger partial charge in [0.1, 0.15) is 5.82 Å². The number of imidazole rings is 1. The maximum absolute atomic E-state index is 11.4. The van der Waals surface area contributed by atoms with E-state index in [-0.39, 0.29) is 30.7 Å². The normalized spacial score (nSPS) is 9.44. The molecule has 1 aromatic heterocycles. The number of anilines is 1. The van der Waals surface area contributed by atoms with Crippen molar-refractivity contribution in [1.82, 2.24) is 15.3 Å². The molecule has 0 bridgehead atoms. The molecular weight excluding hydrogens is 275 g/mol. The molecule has 3 N–H and O–H groups in total. The molecule has 0 spiro atoms. The summed E-state index contributed by atoms with van der Waals surface area (Å²) in [4.78, 5) is 18.8. The number of hydrogen-bond donors (Lipinski definition) is 3. The number of halogens is 2. The number of hydrogen-bond acceptors (Lipinski definition) is 3. The summed E-state index contributed by atoms with van der Waals surface area (Å²) in [7, 11) is 1.74. The topological polar surface area (TPSA) is 69.8 Å². The van der Waals surface area contributed by atoms with Crippen molar-refractivity contribution in [2.24, 2.45) is 0 Å². The van der Waals surface area contributed by atoms with E-state index in [2.05, 4.69) is 20.6 Å². The van der Waals surface area contributed by atoms with Crippen LogP contribution in [0.2, 0.25) is 0 Å². The minimum Gasteiger partial charge on any atom is -0.342 e. The number of aromatic amines is 1. The largest absolute Gasteiger partial charge is 0.342 e. The molecule has 18 heavy (non-hydrogen) atoms. The summed E-state index contributed by atoms with van der Waals surface area (Å²) in [6.45, 7) is 2.21. The van der Waals surface area contributed by atoms with Gasteiger partial charge in [-0.05, 0) is 32.2 Å². The Labute approximate surface area is 118 Å². The fourth-order valence-electron chi connectivity index (χ4n) is 1.58. The molecule has 1 amide bonds. The number of H-pyrrole nitrogens is 1. The Morgan fingerprint density at radius 3 is 2.78 bits per heavy atom. The van der Waals surface area contributed by atoms with Crippen molar-refractivity contribution in [3.8, 4) is 0 Å². The number of aromatic nitrogens is 2. The highest BCUT2D eigenvalue weighted by Gasteiger charge is 2.03. The monoisotopic (exact) mass is 290 g/mol. The third-order valence-corrected chi connectivity index (χ3v) is 2.22. The van der Waals surface area contributed by atoms with Gasteiger partial charge in [0.2, 0.25) is 5.91 Å². The SMILES string of the molecule is CNCC(=O)Nc1ccc2nc(C)[nH]c2c1.Cl.Cl. The molecule has 0 aliphatic carbocycles. The first-order valence-electron chi connectivity index (χ1n) is 5.10. The first-order valence-corrected chi connectivity index (χ1v) is 5.10. The van der Waals surface area contributed by atoms with Gasteiger partial charge in [0, 0.05) is 5.69 Å². The molecule has 7 heteroatoms. The molecule has 0 saturated heterocycles. The van der Waals surface area contributed by atoms with Crippen LogP contribution < -0.4 is 10.6 Å². The maximum atomic E-state index is 11.4. The van der Waals surface area contributed by atoms with Gasteiger partial charge in [-0.2, -0.15) is 0 Å². The second-order valence-corrected chi connectivity index (χ2v) is 3.63. The second-order valence-electron chi connectivity index (χ2n) is 3.63. The van der Waals surface area contributed by atoms with Crippen molar-refractivity contribution in [2.45, 2.75) is 6.92 Å². The van der Waals surface area contributed by atoms with E-state index in [1.807, 2.05) is 25.1 Å². The van der Waals surface area contributed by atoms with Crippen LogP contribution in [0.15, 0.2) is 18.2 Å². The summed E-state index contributed by atoms with van der Waals surface area (Å²) in [5, 5.41) is 5.59. The third kappa shape index (κ3) is 3.87. The molecular formula is C11H16Cl2N4O. The molecule has 0 aliphatic rings. The Morgan fingerprint density at radius 2 is 2.11 bits per heavy atom. The number of aryl methyl sites for hydroxylation is 1. The highest BCUT2D eigenvalue weighted by atomic mass is 35.5. The third-order valence-electron chi connectivity index (χ3n) is 2.22. The van der Waals surface area contributed by atoms with Crippen molar-refractivity contribution in [3.05, 3.63) is 24.0 Å². The molecule has 0 saturated carbocycles. The zero-order valence-electron chi connectivity index (χ0n) is 10.1. The van der Waals surface area contributed by atoms with Crippen LogP contribution in [0.25, 0.3) is 11.0 Å². The lowest BCUT2D eigenvalue weighted by molar-refractivity contribution is -0.115. The molecule has 0 fully saturated rings. The standard InChI is InChI=1S/C11H14N4O.2ClH/c1-7-13-9-4-3-8(5-10(9)14-7)15-11(16)6-12-2;;/h3-5,12H,6H2,1-2H3,(H,13,14)(H,15,16);2*1H. The van der Waals surface area contributed by atoms with Crippen molar-refractivity contribution in [3.63, 3.8) is 0 Å². The Hall–Kier alpha value is -1.30. The molecule has 1 aromatic carbocycles. The van der Waals surface area contributed by atoms with Gasteiger partial charge in [0.05, 0.1) is 17.6 Å². The number of fused-ring (bicyclic) bond motifs is 1. The number of carbonyl (C=O) groups excluding carboxylic acids is 1. The summed E-state index contributed by atoms with van der Waals surface area (Å²) in [6.07, 6.45) is 0. The lowest BCUT2D eigenvalue weighted by atomic mass is 10.3. The minimum absolute atomic E-state index is 0. The Morgan fingerprint density at radius 1 is 1.39 bits per heavy atom. The lowest BCUT2D eigenvalue weighted by Crippen LogP contribution is -2.24.